The van der Waals surface area contributed by atoms with E-state index in [0.29, 0.717) is 41.9 Å². The lowest BCUT2D eigenvalue weighted by molar-refractivity contribution is 0.165. The number of imidazole rings is 1. The van der Waals surface area contributed by atoms with Crippen molar-refractivity contribution in [3.05, 3.63) is 47.8 Å². The number of para-hydroxylation sites is 2. The van der Waals surface area contributed by atoms with Crippen molar-refractivity contribution in [2.45, 2.75) is 0 Å². The first-order chi connectivity index (χ1) is 12.3. The van der Waals surface area contributed by atoms with Crippen molar-refractivity contribution in [3.8, 4) is 23.3 Å². The number of hydrogen-bond acceptors (Lipinski definition) is 5. The molecule has 0 unspecified atom stereocenters. The van der Waals surface area contributed by atoms with Gasteiger partial charge in [0.2, 0.25) is 5.75 Å². The molecule has 4 rings (SSSR count). The second-order valence-electron chi connectivity index (χ2n) is 5.52. The third kappa shape index (κ3) is 2.76. The maximum Gasteiger partial charge on any atom is 0.203 e. The van der Waals surface area contributed by atoms with Crippen LogP contribution in [0.5, 0.6) is 17.2 Å². The van der Waals surface area contributed by atoms with Crippen molar-refractivity contribution in [2.75, 3.05) is 20.3 Å². The van der Waals surface area contributed by atoms with Crippen LogP contribution in [0.3, 0.4) is 0 Å². The number of nitriles is 1. The maximum atomic E-state index is 9.57. The topological polar surface area (TPSA) is 80.2 Å². The Hall–Kier alpha value is -3.46. The molecule has 3 aromatic rings. The lowest BCUT2D eigenvalue weighted by Crippen LogP contribution is -2.16. The van der Waals surface area contributed by atoms with E-state index in [1.54, 1.807) is 13.2 Å². The van der Waals surface area contributed by atoms with E-state index >= 15 is 0 Å². The summed E-state index contributed by atoms with van der Waals surface area (Å²) in [6, 6.07) is 13.5. The van der Waals surface area contributed by atoms with Gasteiger partial charge in [-0.2, -0.15) is 5.26 Å². The number of nitrogens with zero attached hydrogens (tertiary/aromatic N) is 2. The number of rotatable bonds is 3. The highest BCUT2D eigenvalue weighted by atomic mass is 16.6. The first kappa shape index (κ1) is 15.1. The number of aromatic nitrogens is 2. The minimum absolute atomic E-state index is 0.426. The number of benzene rings is 2. The predicted molar refractivity (Wildman–Crippen MR) is 93.6 cm³/mol. The van der Waals surface area contributed by atoms with Gasteiger partial charge in [-0.15, -0.1) is 0 Å². The highest BCUT2D eigenvalue weighted by molar-refractivity contribution is 5.90. The van der Waals surface area contributed by atoms with Crippen LogP contribution in [0.1, 0.15) is 11.4 Å². The number of nitrogens with one attached hydrogen (secondary N) is 1. The highest BCUT2D eigenvalue weighted by Crippen LogP contribution is 2.41. The van der Waals surface area contributed by atoms with Gasteiger partial charge in [-0.05, 0) is 35.9 Å². The molecule has 0 atom stereocenters. The van der Waals surface area contributed by atoms with Gasteiger partial charge in [-0.25, -0.2) is 4.98 Å². The van der Waals surface area contributed by atoms with Gasteiger partial charge in [0, 0.05) is 0 Å². The summed E-state index contributed by atoms with van der Waals surface area (Å²) in [5, 5.41) is 9.57. The molecular formula is C19H15N3O3. The van der Waals surface area contributed by atoms with E-state index in [2.05, 4.69) is 16.0 Å². The van der Waals surface area contributed by atoms with Crippen LogP contribution < -0.4 is 14.2 Å². The van der Waals surface area contributed by atoms with Crippen LogP contribution in [0.15, 0.2) is 36.4 Å². The minimum atomic E-state index is 0.426. The molecule has 25 heavy (non-hydrogen) atoms. The predicted octanol–water partition coefficient (Wildman–Crippen LogP) is 3.41. The summed E-state index contributed by atoms with van der Waals surface area (Å²) in [6.07, 6.45) is 1.75. The third-order valence-corrected chi connectivity index (χ3v) is 3.93. The number of methoxy groups -OCH3 is 1. The molecule has 0 saturated carbocycles. The van der Waals surface area contributed by atoms with E-state index in [0.717, 1.165) is 16.6 Å². The van der Waals surface area contributed by atoms with Crippen molar-refractivity contribution in [3.63, 3.8) is 0 Å². The van der Waals surface area contributed by atoms with E-state index in [9.17, 15) is 5.26 Å². The zero-order valence-corrected chi connectivity index (χ0v) is 13.6. The zero-order valence-electron chi connectivity index (χ0n) is 13.6. The Morgan fingerprint density at radius 3 is 2.92 bits per heavy atom. The maximum absolute atomic E-state index is 9.57. The number of aromatic amines is 1. The Morgan fingerprint density at radius 2 is 2.12 bits per heavy atom. The van der Waals surface area contributed by atoms with Crippen LogP contribution in [0, 0.1) is 11.3 Å². The largest absolute Gasteiger partial charge is 0.493 e. The molecule has 0 radical (unpaired) electrons. The summed E-state index contributed by atoms with van der Waals surface area (Å²) in [4.78, 5) is 7.65. The second kappa shape index (κ2) is 6.21. The van der Waals surface area contributed by atoms with Gasteiger partial charge >= 0.3 is 0 Å². The Balaban J connectivity index is 1.79. The Labute approximate surface area is 144 Å². The Morgan fingerprint density at radius 1 is 1.28 bits per heavy atom. The van der Waals surface area contributed by atoms with Crippen LogP contribution in [0.4, 0.5) is 0 Å². The normalized spacial score (nSPS) is 13.5. The van der Waals surface area contributed by atoms with Gasteiger partial charge in [-0.1, -0.05) is 12.1 Å². The average Bonchev–Trinajstić information content (AvgIpc) is 3.09. The molecule has 124 valence electrons. The van der Waals surface area contributed by atoms with Crippen LogP contribution >= 0.6 is 0 Å². The molecule has 0 spiro atoms. The molecule has 2 heterocycles. The molecule has 0 amide bonds. The summed E-state index contributed by atoms with van der Waals surface area (Å²) in [7, 11) is 1.57. The SMILES string of the molecule is COc1cc(/C=C(/C#N)c2nc3ccccc3[nH]2)cc2c1OCCO2. The fourth-order valence-electron chi connectivity index (χ4n) is 2.78. The minimum Gasteiger partial charge on any atom is -0.493 e. The molecule has 2 aromatic carbocycles. The molecule has 6 heteroatoms. The van der Waals surface area contributed by atoms with Crippen molar-refractivity contribution >= 4 is 22.7 Å². The van der Waals surface area contributed by atoms with Gasteiger partial charge in [0.05, 0.1) is 23.7 Å². The molecule has 0 aliphatic carbocycles. The fraction of sp³-hybridized carbons (Fsp3) is 0.158. The highest BCUT2D eigenvalue weighted by Gasteiger charge is 2.18. The van der Waals surface area contributed by atoms with E-state index in [4.69, 9.17) is 14.2 Å². The summed E-state index contributed by atoms with van der Waals surface area (Å²) < 4.78 is 16.6. The van der Waals surface area contributed by atoms with Crippen LogP contribution in [0.25, 0.3) is 22.7 Å². The molecule has 0 fully saturated rings. The van der Waals surface area contributed by atoms with E-state index in [1.807, 2.05) is 36.4 Å². The van der Waals surface area contributed by atoms with Crippen molar-refractivity contribution in [2.24, 2.45) is 0 Å². The third-order valence-electron chi connectivity index (χ3n) is 3.93. The summed E-state index contributed by atoms with van der Waals surface area (Å²) in [5.74, 6) is 2.30. The average molecular weight is 333 g/mol. The van der Waals surface area contributed by atoms with Gasteiger partial charge in [0.25, 0.3) is 0 Å². The lowest BCUT2D eigenvalue weighted by Gasteiger charge is -2.21. The van der Waals surface area contributed by atoms with Crippen LogP contribution in [-0.2, 0) is 0 Å². The van der Waals surface area contributed by atoms with Gasteiger partial charge in [0.15, 0.2) is 11.5 Å². The van der Waals surface area contributed by atoms with Gasteiger partial charge < -0.3 is 19.2 Å². The molecule has 0 bridgehead atoms. The Kier molecular flexibility index (Phi) is 3.75. The molecule has 1 aliphatic heterocycles. The van der Waals surface area contributed by atoms with E-state index in [-0.39, 0.29) is 0 Å². The number of hydrogen-bond donors (Lipinski definition) is 1. The van der Waals surface area contributed by atoms with E-state index in [1.165, 1.54) is 0 Å². The molecular weight excluding hydrogens is 318 g/mol. The standard InChI is InChI=1S/C19H15N3O3/c1-23-16-9-12(10-17-18(16)25-7-6-24-17)8-13(11-20)19-21-14-4-2-3-5-15(14)22-19/h2-5,8-10H,6-7H2,1H3,(H,21,22)/b13-8-. The number of ether oxygens (including phenoxy) is 3. The summed E-state index contributed by atoms with van der Waals surface area (Å²) in [6.45, 7) is 0.971. The van der Waals surface area contributed by atoms with Crippen LogP contribution in [0.2, 0.25) is 0 Å². The number of fused-ring (bicyclic) bond motifs is 2. The molecule has 6 nitrogen and oxygen atoms in total. The van der Waals surface area contributed by atoms with Crippen molar-refractivity contribution in [1.29, 1.82) is 5.26 Å². The zero-order chi connectivity index (χ0) is 17.2. The molecule has 1 N–H and O–H groups in total. The summed E-state index contributed by atoms with van der Waals surface area (Å²) >= 11 is 0. The van der Waals surface area contributed by atoms with Crippen molar-refractivity contribution < 1.29 is 14.2 Å². The summed E-state index contributed by atoms with van der Waals surface area (Å²) in [5.41, 5.74) is 2.91. The number of H-pyrrole nitrogens is 1. The smallest absolute Gasteiger partial charge is 0.203 e. The monoisotopic (exact) mass is 333 g/mol. The molecule has 1 aromatic heterocycles. The Bertz CT molecular complexity index is 964. The fourth-order valence-corrected chi connectivity index (χ4v) is 2.78. The number of allylic oxidation sites excluding steroid dienone is 1. The van der Waals surface area contributed by atoms with Gasteiger partial charge in [0.1, 0.15) is 25.1 Å². The molecule has 0 saturated heterocycles. The second-order valence-corrected chi connectivity index (χ2v) is 5.52. The van der Waals surface area contributed by atoms with Crippen molar-refractivity contribution in [1.82, 2.24) is 9.97 Å². The quantitative estimate of drug-likeness (QED) is 0.743. The van der Waals surface area contributed by atoms with Crippen LogP contribution in [-0.4, -0.2) is 30.3 Å². The van der Waals surface area contributed by atoms with E-state index < -0.39 is 0 Å². The lowest BCUT2D eigenvalue weighted by atomic mass is 10.1. The molecule has 1 aliphatic rings. The first-order valence-corrected chi connectivity index (χ1v) is 7.83. The van der Waals surface area contributed by atoms with Gasteiger partial charge in [-0.3, -0.25) is 0 Å². The first-order valence-electron chi connectivity index (χ1n) is 7.83.